The summed E-state index contributed by atoms with van der Waals surface area (Å²) >= 11 is 2.47. The van der Waals surface area contributed by atoms with Gasteiger partial charge in [0.2, 0.25) is 5.91 Å². The molecule has 2 heterocycles. The van der Waals surface area contributed by atoms with Gasteiger partial charge in [-0.3, -0.25) is 9.59 Å². The summed E-state index contributed by atoms with van der Waals surface area (Å²) in [6, 6.07) is 5.41. The third-order valence-electron chi connectivity index (χ3n) is 6.14. The number of hydrogen-bond donors (Lipinski definition) is 1. The molecule has 0 unspecified atom stereocenters. The van der Waals surface area contributed by atoms with Gasteiger partial charge < -0.3 is 24.1 Å². The molecule has 4 rings (SSSR count). The molecule has 0 saturated carbocycles. The van der Waals surface area contributed by atoms with Crippen molar-refractivity contribution in [3.8, 4) is 5.75 Å². The number of anilines is 1. The molecule has 2 aromatic heterocycles. The normalized spacial score (nSPS) is 13.8. The van der Waals surface area contributed by atoms with Gasteiger partial charge in [-0.2, -0.15) is 4.99 Å². The number of benzene rings is 1. The molecule has 0 bridgehead atoms. The van der Waals surface area contributed by atoms with Crippen molar-refractivity contribution in [2.24, 2.45) is 4.99 Å². The van der Waals surface area contributed by atoms with Crippen LogP contribution in [0.5, 0.6) is 5.75 Å². The fourth-order valence-corrected chi connectivity index (χ4v) is 7.79. The fraction of sp³-hybridized carbons (Fsp3) is 0.440. The Hall–Kier alpha value is -3.07. The van der Waals surface area contributed by atoms with Gasteiger partial charge in [0.15, 0.2) is 14.6 Å². The van der Waals surface area contributed by atoms with Crippen molar-refractivity contribution in [3.05, 3.63) is 39.0 Å². The van der Waals surface area contributed by atoms with E-state index in [9.17, 15) is 22.8 Å². The molecule has 2 amide bonds. The van der Waals surface area contributed by atoms with Crippen LogP contribution in [0.15, 0.2) is 23.2 Å². The van der Waals surface area contributed by atoms with Crippen LogP contribution in [-0.4, -0.2) is 70.2 Å². The Morgan fingerprint density at radius 2 is 1.85 bits per heavy atom. The van der Waals surface area contributed by atoms with Crippen LogP contribution in [0.3, 0.4) is 0 Å². The monoisotopic (exact) mass is 595 g/mol. The number of amides is 2. The minimum atomic E-state index is -4.15. The van der Waals surface area contributed by atoms with Gasteiger partial charge in [-0.15, -0.1) is 11.3 Å². The van der Waals surface area contributed by atoms with Crippen molar-refractivity contribution >= 4 is 65.5 Å². The second-order valence-electron chi connectivity index (χ2n) is 8.86. The van der Waals surface area contributed by atoms with E-state index in [-0.39, 0.29) is 10.6 Å². The number of carbonyl (C=O) groups excluding carboxylic acids is 3. The SMILES string of the molecule is COCCn1c(=NC(=O)CS(=O)(=O)CC(=O)Nc2sc3c(c2C(=O)OC)CCCC3)sc2cc(OC)ccc21. The number of fused-ring (bicyclic) bond motifs is 2. The quantitative estimate of drug-likeness (QED) is 0.353. The zero-order valence-electron chi connectivity index (χ0n) is 21.8. The highest BCUT2D eigenvalue weighted by atomic mass is 32.2. The maximum Gasteiger partial charge on any atom is 0.341 e. The van der Waals surface area contributed by atoms with Crippen molar-refractivity contribution in [2.45, 2.75) is 32.2 Å². The number of sulfone groups is 1. The summed E-state index contributed by atoms with van der Waals surface area (Å²) in [7, 11) is 0.210. The van der Waals surface area contributed by atoms with Gasteiger partial charge in [-0.1, -0.05) is 11.3 Å². The number of carbonyl (C=O) groups is 3. The summed E-state index contributed by atoms with van der Waals surface area (Å²) in [5.74, 6) is -3.54. The summed E-state index contributed by atoms with van der Waals surface area (Å²) in [4.78, 5) is 43.1. The first kappa shape index (κ1) is 28.9. The second-order valence-corrected chi connectivity index (χ2v) is 13.0. The van der Waals surface area contributed by atoms with Gasteiger partial charge in [0.05, 0.1) is 36.6 Å². The summed E-state index contributed by atoms with van der Waals surface area (Å²) < 4.78 is 43.4. The number of nitrogens with zero attached hydrogens (tertiary/aromatic N) is 2. The second kappa shape index (κ2) is 12.4. The van der Waals surface area contributed by atoms with Crippen LogP contribution < -0.4 is 14.9 Å². The third kappa shape index (κ3) is 6.75. The number of thiazole rings is 1. The number of aromatic nitrogens is 1. The molecular weight excluding hydrogens is 566 g/mol. The summed E-state index contributed by atoms with van der Waals surface area (Å²) in [6.07, 6.45) is 3.36. The van der Waals surface area contributed by atoms with Crippen molar-refractivity contribution in [1.82, 2.24) is 4.57 Å². The summed E-state index contributed by atoms with van der Waals surface area (Å²) in [5.41, 5.74) is 1.91. The van der Waals surface area contributed by atoms with E-state index in [1.54, 1.807) is 30.9 Å². The molecule has 210 valence electrons. The predicted octanol–water partition coefficient (Wildman–Crippen LogP) is 2.57. The molecular formula is C25H29N3O8S3. The van der Waals surface area contributed by atoms with Crippen molar-refractivity contribution in [2.75, 3.05) is 44.8 Å². The van der Waals surface area contributed by atoms with Crippen molar-refractivity contribution in [1.29, 1.82) is 0 Å². The third-order valence-corrected chi connectivity index (χ3v) is 9.77. The maximum absolute atomic E-state index is 12.7. The van der Waals surface area contributed by atoms with E-state index >= 15 is 0 Å². The highest BCUT2D eigenvalue weighted by Gasteiger charge is 2.28. The molecule has 0 atom stereocenters. The molecule has 0 fully saturated rings. The van der Waals surface area contributed by atoms with Crippen LogP contribution in [0, 0.1) is 0 Å². The molecule has 0 aliphatic heterocycles. The Balaban J connectivity index is 1.51. The van der Waals surface area contributed by atoms with E-state index in [2.05, 4.69) is 10.3 Å². The molecule has 11 nitrogen and oxygen atoms in total. The molecule has 14 heteroatoms. The highest BCUT2D eigenvalue weighted by Crippen LogP contribution is 2.38. The lowest BCUT2D eigenvalue weighted by molar-refractivity contribution is -0.115. The molecule has 0 spiro atoms. The first-order chi connectivity index (χ1) is 18.7. The minimum Gasteiger partial charge on any atom is -0.497 e. The molecule has 3 aromatic rings. The molecule has 39 heavy (non-hydrogen) atoms. The molecule has 0 radical (unpaired) electrons. The molecule has 1 aliphatic rings. The van der Waals surface area contributed by atoms with Gasteiger partial charge in [-0.25, -0.2) is 13.2 Å². The van der Waals surface area contributed by atoms with Crippen LogP contribution in [0.1, 0.15) is 33.6 Å². The van der Waals surface area contributed by atoms with Crippen LogP contribution in [-0.2, 0) is 48.3 Å². The van der Waals surface area contributed by atoms with Gasteiger partial charge in [0, 0.05) is 18.5 Å². The largest absolute Gasteiger partial charge is 0.497 e. The highest BCUT2D eigenvalue weighted by molar-refractivity contribution is 7.92. The van der Waals surface area contributed by atoms with Crippen LogP contribution in [0.2, 0.25) is 0 Å². The van der Waals surface area contributed by atoms with E-state index < -0.39 is 39.1 Å². The number of nitrogens with one attached hydrogen (secondary N) is 1. The summed E-state index contributed by atoms with van der Waals surface area (Å²) in [6.45, 7) is 0.759. The first-order valence-electron chi connectivity index (χ1n) is 12.1. The van der Waals surface area contributed by atoms with E-state index in [4.69, 9.17) is 14.2 Å². The van der Waals surface area contributed by atoms with Gasteiger partial charge in [0.25, 0.3) is 5.91 Å². The Morgan fingerprint density at radius 1 is 1.08 bits per heavy atom. The summed E-state index contributed by atoms with van der Waals surface area (Å²) in [5, 5.41) is 2.82. The number of aryl methyl sites for hydroxylation is 1. The smallest absolute Gasteiger partial charge is 0.341 e. The fourth-order valence-electron chi connectivity index (χ4n) is 4.38. The zero-order chi connectivity index (χ0) is 28.2. The van der Waals surface area contributed by atoms with Gasteiger partial charge >= 0.3 is 5.97 Å². The molecule has 0 saturated heterocycles. The number of methoxy groups -OCH3 is 3. The van der Waals surface area contributed by atoms with Crippen LogP contribution in [0.25, 0.3) is 10.2 Å². The average molecular weight is 596 g/mol. The van der Waals surface area contributed by atoms with E-state index in [1.807, 2.05) is 6.07 Å². The number of esters is 1. The zero-order valence-corrected chi connectivity index (χ0v) is 24.2. The number of hydrogen-bond acceptors (Lipinski definition) is 10. The minimum absolute atomic E-state index is 0.268. The first-order valence-corrected chi connectivity index (χ1v) is 15.6. The van der Waals surface area contributed by atoms with Crippen molar-refractivity contribution in [3.63, 3.8) is 0 Å². The topological polar surface area (TPSA) is 142 Å². The van der Waals surface area contributed by atoms with E-state index in [0.29, 0.717) is 30.1 Å². The predicted molar refractivity (Wildman–Crippen MR) is 148 cm³/mol. The Morgan fingerprint density at radius 3 is 2.56 bits per heavy atom. The van der Waals surface area contributed by atoms with E-state index in [1.165, 1.54) is 29.8 Å². The number of rotatable bonds is 10. The molecule has 1 aromatic carbocycles. The Labute approximate surface area is 233 Å². The van der Waals surface area contributed by atoms with Crippen molar-refractivity contribution < 1.29 is 37.0 Å². The maximum atomic E-state index is 12.7. The van der Waals surface area contributed by atoms with Crippen LogP contribution >= 0.6 is 22.7 Å². The Bertz CT molecular complexity index is 1580. The number of thiophene rings is 1. The molecule has 1 aliphatic carbocycles. The lowest BCUT2D eigenvalue weighted by Gasteiger charge is -2.11. The average Bonchev–Trinajstić information content (AvgIpc) is 3.42. The molecule has 1 N–H and O–H groups in total. The number of ether oxygens (including phenoxy) is 3. The lowest BCUT2D eigenvalue weighted by atomic mass is 9.95. The lowest BCUT2D eigenvalue weighted by Crippen LogP contribution is -2.28. The standard InChI is InChI=1S/C25H29N3O8S3/c1-34-11-10-28-17-9-8-15(35-2)12-19(17)38-25(28)27-21(30)14-39(32,33)13-20(29)26-23-22(24(31)36-3)16-6-4-5-7-18(16)37-23/h8-9,12H,4-7,10-11,13-14H2,1-3H3,(H,26,29). The van der Waals surface area contributed by atoms with E-state index in [0.717, 1.165) is 39.9 Å². The Kier molecular flexibility index (Phi) is 9.20. The van der Waals surface area contributed by atoms with Crippen LogP contribution in [0.4, 0.5) is 5.00 Å². The van der Waals surface area contributed by atoms with Gasteiger partial charge in [-0.05, 0) is 49.4 Å². The van der Waals surface area contributed by atoms with Gasteiger partial charge in [0.1, 0.15) is 22.3 Å².